The van der Waals surface area contributed by atoms with E-state index in [2.05, 4.69) is 10.3 Å². The molecule has 2 aromatic heterocycles. The minimum Gasteiger partial charge on any atom is -0.383 e. The van der Waals surface area contributed by atoms with Crippen LogP contribution in [0.15, 0.2) is 35.4 Å². The lowest BCUT2D eigenvalue weighted by Crippen LogP contribution is -2.36. The van der Waals surface area contributed by atoms with Crippen molar-refractivity contribution in [3.8, 4) is 0 Å². The maximum atomic E-state index is 13.1. The molecular weight excluding hydrogens is 377 g/mol. The Kier molecular flexibility index (Phi) is 5.85. The van der Waals surface area contributed by atoms with Crippen LogP contribution in [0.5, 0.6) is 0 Å². The quantitative estimate of drug-likeness (QED) is 0.619. The number of methoxy groups -OCH3 is 1. The van der Waals surface area contributed by atoms with Gasteiger partial charge in [-0.1, -0.05) is 12.1 Å². The highest BCUT2D eigenvalue weighted by molar-refractivity contribution is 7.18. The number of hydrogen-bond donors (Lipinski definition) is 1. The Hall–Kier alpha value is -2.09. The summed E-state index contributed by atoms with van der Waals surface area (Å²) in [6.45, 7) is 2.09. The fraction of sp³-hybridized carbons (Fsp3) is 0.429. The number of aryl methyl sites for hydroxylation is 3. The molecule has 0 spiro atoms. The molecule has 2 heterocycles. The maximum Gasteiger partial charge on any atom is 0.262 e. The summed E-state index contributed by atoms with van der Waals surface area (Å²) in [4.78, 5) is 19.7. The highest BCUT2D eigenvalue weighted by Gasteiger charge is 2.24. The van der Waals surface area contributed by atoms with Crippen molar-refractivity contribution < 1.29 is 9.13 Å². The van der Waals surface area contributed by atoms with Gasteiger partial charge in [-0.05, 0) is 48.9 Å². The third-order valence-corrected chi connectivity index (χ3v) is 6.49. The third kappa shape index (κ3) is 4.01. The van der Waals surface area contributed by atoms with Crippen molar-refractivity contribution in [3.63, 3.8) is 0 Å². The van der Waals surface area contributed by atoms with E-state index < -0.39 is 0 Å². The molecule has 28 heavy (non-hydrogen) atoms. The zero-order chi connectivity index (χ0) is 19.5. The summed E-state index contributed by atoms with van der Waals surface area (Å²) in [6, 6.07) is 6.85. The minimum absolute atomic E-state index is 0.0374. The van der Waals surface area contributed by atoms with Crippen LogP contribution in [0.3, 0.4) is 0 Å². The smallest absolute Gasteiger partial charge is 0.262 e. The standard InChI is InChI=1S/C21H24FN3O2S/c1-27-11-9-23-16-6-7-17-18(12-16)28-20-19(17)21(26)25(13-24-20)10-8-14-2-4-15(22)5-3-14/h2-5,13,16,23H,6-12H2,1H3. The third-order valence-electron chi connectivity index (χ3n) is 5.33. The van der Waals surface area contributed by atoms with Crippen LogP contribution in [0.2, 0.25) is 0 Å². The van der Waals surface area contributed by atoms with Crippen LogP contribution >= 0.6 is 11.3 Å². The first-order valence-corrected chi connectivity index (χ1v) is 10.4. The number of benzene rings is 1. The maximum absolute atomic E-state index is 13.1. The summed E-state index contributed by atoms with van der Waals surface area (Å²) >= 11 is 1.64. The number of rotatable bonds is 7. The predicted octanol–water partition coefficient (Wildman–Crippen LogP) is 2.93. The number of fused-ring (bicyclic) bond motifs is 3. The molecule has 1 aliphatic carbocycles. The second-order valence-corrected chi connectivity index (χ2v) is 8.27. The molecule has 7 heteroatoms. The zero-order valence-electron chi connectivity index (χ0n) is 15.9. The number of hydrogen-bond acceptors (Lipinski definition) is 5. The molecule has 1 N–H and O–H groups in total. The summed E-state index contributed by atoms with van der Waals surface area (Å²) in [5.74, 6) is -0.246. The van der Waals surface area contributed by atoms with Gasteiger partial charge in [0.1, 0.15) is 10.6 Å². The largest absolute Gasteiger partial charge is 0.383 e. The summed E-state index contributed by atoms with van der Waals surface area (Å²) in [7, 11) is 1.71. The van der Waals surface area contributed by atoms with Crippen molar-refractivity contribution in [1.29, 1.82) is 0 Å². The van der Waals surface area contributed by atoms with E-state index in [1.807, 2.05) is 0 Å². The number of nitrogens with one attached hydrogen (secondary N) is 1. The van der Waals surface area contributed by atoms with Crippen molar-refractivity contribution in [3.05, 3.63) is 62.8 Å². The lowest BCUT2D eigenvalue weighted by molar-refractivity contribution is 0.194. The van der Waals surface area contributed by atoms with Gasteiger partial charge in [0.15, 0.2) is 0 Å². The van der Waals surface area contributed by atoms with Gasteiger partial charge in [0.05, 0.1) is 18.3 Å². The molecule has 0 radical (unpaired) electrons. The summed E-state index contributed by atoms with van der Waals surface area (Å²) < 4.78 is 19.8. The number of aromatic nitrogens is 2. The highest BCUT2D eigenvalue weighted by atomic mass is 32.1. The van der Waals surface area contributed by atoms with Gasteiger partial charge in [-0.3, -0.25) is 9.36 Å². The monoisotopic (exact) mass is 401 g/mol. The molecule has 4 rings (SSSR count). The van der Waals surface area contributed by atoms with E-state index in [0.29, 0.717) is 25.6 Å². The molecule has 1 atom stereocenters. The Labute approximate surface area is 167 Å². The normalized spacial score (nSPS) is 16.4. The van der Waals surface area contributed by atoms with E-state index in [1.54, 1.807) is 41.5 Å². The molecule has 0 bridgehead atoms. The van der Waals surface area contributed by atoms with Gasteiger partial charge < -0.3 is 10.1 Å². The first-order chi connectivity index (χ1) is 13.7. The van der Waals surface area contributed by atoms with Crippen molar-refractivity contribution in [2.24, 2.45) is 0 Å². The van der Waals surface area contributed by atoms with E-state index >= 15 is 0 Å². The van der Waals surface area contributed by atoms with Crippen LogP contribution in [0.4, 0.5) is 4.39 Å². The topological polar surface area (TPSA) is 56.1 Å². The predicted molar refractivity (Wildman–Crippen MR) is 110 cm³/mol. The zero-order valence-corrected chi connectivity index (χ0v) is 16.7. The lowest BCUT2D eigenvalue weighted by Gasteiger charge is -2.23. The van der Waals surface area contributed by atoms with Gasteiger partial charge in [-0.2, -0.15) is 0 Å². The van der Waals surface area contributed by atoms with Gasteiger partial charge in [0.25, 0.3) is 5.56 Å². The van der Waals surface area contributed by atoms with Crippen molar-refractivity contribution in [2.75, 3.05) is 20.3 Å². The Balaban J connectivity index is 1.53. The first-order valence-electron chi connectivity index (χ1n) is 9.62. The molecule has 0 amide bonds. The molecular formula is C21H24FN3O2S. The van der Waals surface area contributed by atoms with Gasteiger partial charge in [0, 0.05) is 31.1 Å². The fourth-order valence-corrected chi connectivity index (χ4v) is 5.06. The molecule has 0 saturated heterocycles. The summed E-state index contributed by atoms with van der Waals surface area (Å²) in [5, 5.41) is 4.32. The molecule has 0 fully saturated rings. The Morgan fingerprint density at radius 2 is 2.18 bits per heavy atom. The van der Waals surface area contributed by atoms with Crippen LogP contribution in [-0.2, 0) is 30.5 Å². The molecule has 0 aliphatic heterocycles. The summed E-state index contributed by atoms with van der Waals surface area (Å²) in [5.41, 5.74) is 2.22. The molecule has 3 aromatic rings. The molecule has 1 unspecified atom stereocenters. The van der Waals surface area contributed by atoms with Gasteiger partial charge in [-0.15, -0.1) is 11.3 Å². The Bertz CT molecular complexity index is 1010. The first kappa shape index (κ1) is 19.2. The van der Waals surface area contributed by atoms with Crippen LogP contribution in [0.25, 0.3) is 10.2 Å². The molecule has 1 aliphatic rings. The number of thiophene rings is 1. The number of halogens is 1. The molecule has 5 nitrogen and oxygen atoms in total. The molecule has 1 aromatic carbocycles. The van der Waals surface area contributed by atoms with E-state index in [9.17, 15) is 9.18 Å². The van der Waals surface area contributed by atoms with Crippen LogP contribution in [-0.4, -0.2) is 35.9 Å². The van der Waals surface area contributed by atoms with Crippen molar-refractivity contribution in [1.82, 2.24) is 14.9 Å². The Morgan fingerprint density at radius 3 is 2.96 bits per heavy atom. The van der Waals surface area contributed by atoms with Crippen LogP contribution in [0, 0.1) is 5.82 Å². The van der Waals surface area contributed by atoms with Gasteiger partial charge >= 0.3 is 0 Å². The average Bonchev–Trinajstić information content (AvgIpc) is 3.07. The average molecular weight is 402 g/mol. The number of ether oxygens (including phenoxy) is 1. The van der Waals surface area contributed by atoms with E-state index in [0.717, 1.165) is 41.6 Å². The van der Waals surface area contributed by atoms with Crippen LogP contribution < -0.4 is 10.9 Å². The van der Waals surface area contributed by atoms with Crippen LogP contribution in [0.1, 0.15) is 22.4 Å². The second kappa shape index (κ2) is 8.51. The number of nitrogens with zero attached hydrogens (tertiary/aromatic N) is 2. The fourth-order valence-electron chi connectivity index (χ4n) is 3.80. The minimum atomic E-state index is -0.246. The van der Waals surface area contributed by atoms with Gasteiger partial charge in [0.2, 0.25) is 0 Å². The SMILES string of the molecule is COCCNC1CCc2c(sc3ncn(CCc4ccc(F)cc4)c(=O)c23)C1. The van der Waals surface area contributed by atoms with Crippen molar-refractivity contribution >= 4 is 21.6 Å². The van der Waals surface area contributed by atoms with Crippen molar-refractivity contribution in [2.45, 2.75) is 38.3 Å². The molecule has 0 saturated carbocycles. The van der Waals surface area contributed by atoms with E-state index in [1.165, 1.54) is 22.6 Å². The second-order valence-electron chi connectivity index (χ2n) is 7.19. The lowest BCUT2D eigenvalue weighted by atomic mass is 9.93. The summed E-state index contributed by atoms with van der Waals surface area (Å²) in [6.07, 6.45) is 5.18. The Morgan fingerprint density at radius 1 is 1.36 bits per heavy atom. The molecule has 148 valence electrons. The van der Waals surface area contributed by atoms with Gasteiger partial charge in [-0.25, -0.2) is 9.37 Å². The van der Waals surface area contributed by atoms with E-state index in [4.69, 9.17) is 4.74 Å². The highest BCUT2D eigenvalue weighted by Crippen LogP contribution is 2.33. The van der Waals surface area contributed by atoms with E-state index in [-0.39, 0.29) is 11.4 Å².